The summed E-state index contributed by atoms with van der Waals surface area (Å²) >= 11 is 0. The zero-order valence-corrected chi connectivity index (χ0v) is 14.6. The average molecular weight is 288 g/mol. The van der Waals surface area contributed by atoms with Crippen molar-refractivity contribution in [2.75, 3.05) is 0 Å². The fraction of sp³-hybridized carbons (Fsp3) is 0.714. The molecule has 0 unspecified atom stereocenters. The monoisotopic (exact) mass is 287 g/mol. The molecule has 0 spiro atoms. The first-order chi connectivity index (χ1) is 10.3. The van der Waals surface area contributed by atoms with Gasteiger partial charge in [-0.05, 0) is 36.3 Å². The lowest BCUT2D eigenvalue weighted by atomic mass is 9.69. The average Bonchev–Trinajstić information content (AvgIpc) is 2.54. The number of rotatable bonds is 12. The molecule has 1 rings (SSSR count). The number of hydrogen-bond donors (Lipinski definition) is 0. The van der Waals surface area contributed by atoms with Crippen LogP contribution < -0.4 is 0 Å². The molecule has 0 bridgehead atoms. The molecule has 0 heterocycles. The molecule has 0 aromatic heterocycles. The van der Waals surface area contributed by atoms with Gasteiger partial charge < -0.3 is 0 Å². The highest BCUT2D eigenvalue weighted by molar-refractivity contribution is 5.24. The van der Waals surface area contributed by atoms with Gasteiger partial charge in [0.05, 0.1) is 0 Å². The number of benzene rings is 1. The highest BCUT2D eigenvalue weighted by Crippen LogP contribution is 2.39. The molecule has 0 N–H and O–H groups in total. The van der Waals surface area contributed by atoms with Crippen molar-refractivity contribution in [3.63, 3.8) is 0 Å². The first kappa shape index (κ1) is 18.3. The quantitative estimate of drug-likeness (QED) is 0.360. The summed E-state index contributed by atoms with van der Waals surface area (Å²) < 4.78 is 0. The summed E-state index contributed by atoms with van der Waals surface area (Å²) in [6.45, 7) is 6.93. The van der Waals surface area contributed by atoms with E-state index in [1.165, 1.54) is 76.2 Å². The fourth-order valence-electron chi connectivity index (χ4n) is 3.42. The Kier molecular flexibility index (Phi) is 9.46. The summed E-state index contributed by atoms with van der Waals surface area (Å²) in [6.07, 6.45) is 14.8. The molecular formula is C21H35. The first-order valence-electron chi connectivity index (χ1n) is 9.26. The van der Waals surface area contributed by atoms with Crippen LogP contribution in [-0.2, 0) is 5.41 Å². The Morgan fingerprint density at radius 1 is 0.762 bits per heavy atom. The number of hydrogen-bond acceptors (Lipinski definition) is 0. The molecule has 0 saturated carbocycles. The van der Waals surface area contributed by atoms with Crippen molar-refractivity contribution in [1.82, 2.24) is 0 Å². The van der Waals surface area contributed by atoms with E-state index < -0.39 is 0 Å². The topological polar surface area (TPSA) is 0 Å². The Labute approximate surface area is 133 Å². The van der Waals surface area contributed by atoms with Crippen molar-refractivity contribution in [1.29, 1.82) is 0 Å². The van der Waals surface area contributed by atoms with Crippen LogP contribution in [0.4, 0.5) is 0 Å². The van der Waals surface area contributed by atoms with Gasteiger partial charge in [-0.25, -0.2) is 0 Å². The normalized spacial score (nSPS) is 11.8. The van der Waals surface area contributed by atoms with Gasteiger partial charge in [0.15, 0.2) is 0 Å². The third-order valence-electron chi connectivity index (χ3n) is 4.81. The Balaban J connectivity index is 2.85. The van der Waals surface area contributed by atoms with Gasteiger partial charge in [-0.2, -0.15) is 0 Å². The summed E-state index contributed by atoms with van der Waals surface area (Å²) in [5, 5.41) is 0. The van der Waals surface area contributed by atoms with E-state index in [2.05, 4.69) is 51.1 Å². The molecule has 0 aliphatic heterocycles. The maximum atomic E-state index is 3.57. The van der Waals surface area contributed by atoms with Crippen LogP contribution in [-0.4, -0.2) is 0 Å². The summed E-state index contributed by atoms with van der Waals surface area (Å²) in [6, 6.07) is 12.3. The third kappa shape index (κ3) is 6.24. The smallest absolute Gasteiger partial charge is 0.00408 e. The van der Waals surface area contributed by atoms with Crippen molar-refractivity contribution in [2.45, 2.75) is 96.8 Å². The maximum Gasteiger partial charge on any atom is -0.00408 e. The molecule has 0 heteroatoms. The molecule has 0 nitrogen and oxygen atoms in total. The van der Waals surface area contributed by atoms with E-state index in [0.29, 0.717) is 5.41 Å². The van der Waals surface area contributed by atoms with Gasteiger partial charge in [-0.3, -0.25) is 0 Å². The Morgan fingerprint density at radius 3 is 1.90 bits per heavy atom. The molecule has 0 atom stereocenters. The van der Waals surface area contributed by atoms with E-state index >= 15 is 0 Å². The highest BCUT2D eigenvalue weighted by atomic mass is 14.3. The zero-order valence-electron chi connectivity index (χ0n) is 14.6. The molecule has 21 heavy (non-hydrogen) atoms. The van der Waals surface area contributed by atoms with Crippen LogP contribution in [0.15, 0.2) is 24.3 Å². The Morgan fingerprint density at radius 2 is 1.38 bits per heavy atom. The van der Waals surface area contributed by atoms with Gasteiger partial charge in [-0.15, -0.1) is 0 Å². The Bertz CT molecular complexity index is 330. The van der Waals surface area contributed by atoms with Crippen LogP contribution in [0.2, 0.25) is 0 Å². The second-order valence-electron chi connectivity index (χ2n) is 6.57. The lowest BCUT2D eigenvalue weighted by Crippen LogP contribution is -2.26. The van der Waals surface area contributed by atoms with Crippen LogP contribution in [0, 0.1) is 6.07 Å². The molecular weight excluding hydrogens is 252 g/mol. The summed E-state index contributed by atoms with van der Waals surface area (Å²) in [5.74, 6) is 0. The van der Waals surface area contributed by atoms with E-state index in [-0.39, 0.29) is 0 Å². The van der Waals surface area contributed by atoms with Crippen molar-refractivity contribution < 1.29 is 0 Å². The van der Waals surface area contributed by atoms with Gasteiger partial charge in [0.2, 0.25) is 0 Å². The van der Waals surface area contributed by atoms with Crippen LogP contribution in [0.3, 0.4) is 0 Å². The van der Waals surface area contributed by atoms with E-state index in [0.717, 1.165) is 0 Å². The van der Waals surface area contributed by atoms with Crippen LogP contribution >= 0.6 is 0 Å². The maximum absolute atomic E-state index is 3.57. The van der Waals surface area contributed by atoms with E-state index in [1.807, 2.05) is 0 Å². The van der Waals surface area contributed by atoms with E-state index in [9.17, 15) is 0 Å². The molecule has 0 amide bonds. The summed E-state index contributed by atoms with van der Waals surface area (Å²) in [4.78, 5) is 0. The molecule has 0 aliphatic carbocycles. The van der Waals surface area contributed by atoms with Crippen molar-refractivity contribution in [2.24, 2.45) is 0 Å². The minimum absolute atomic E-state index is 0.390. The lowest BCUT2D eigenvalue weighted by molar-refractivity contribution is 0.306. The molecule has 119 valence electrons. The van der Waals surface area contributed by atoms with Gasteiger partial charge in [0.25, 0.3) is 0 Å². The standard InChI is InChI=1S/C21H35/c1-4-7-10-14-19-21(17-8-5-2,18-9-6-3)20-15-12-11-13-16-20/h11-13,15H,4-10,14,17-19H2,1-3H3. The SMILES string of the molecule is CCCCCCC(CCCC)(CCCC)c1[c]cccc1. The number of unbranched alkanes of at least 4 members (excludes halogenated alkanes) is 5. The van der Waals surface area contributed by atoms with Crippen molar-refractivity contribution in [3.8, 4) is 0 Å². The van der Waals surface area contributed by atoms with E-state index in [4.69, 9.17) is 0 Å². The van der Waals surface area contributed by atoms with Crippen molar-refractivity contribution in [3.05, 3.63) is 35.9 Å². The molecule has 0 aliphatic rings. The van der Waals surface area contributed by atoms with E-state index in [1.54, 1.807) is 0 Å². The molecule has 1 aromatic carbocycles. The largest absolute Gasteiger partial charge is 0.0654 e. The van der Waals surface area contributed by atoms with Gasteiger partial charge in [-0.1, -0.05) is 96.4 Å². The van der Waals surface area contributed by atoms with Gasteiger partial charge >= 0.3 is 0 Å². The van der Waals surface area contributed by atoms with Gasteiger partial charge in [0, 0.05) is 0 Å². The Hall–Kier alpha value is -0.780. The molecule has 0 fully saturated rings. The van der Waals surface area contributed by atoms with Crippen LogP contribution in [0.1, 0.15) is 97.0 Å². The summed E-state index contributed by atoms with van der Waals surface area (Å²) in [5.41, 5.74) is 1.87. The minimum atomic E-state index is 0.390. The predicted octanol–water partition coefficient (Wildman–Crippen LogP) is 7.08. The second kappa shape index (κ2) is 10.9. The van der Waals surface area contributed by atoms with Crippen LogP contribution in [0.5, 0.6) is 0 Å². The minimum Gasteiger partial charge on any atom is -0.0654 e. The lowest BCUT2D eigenvalue weighted by Gasteiger charge is -2.35. The third-order valence-corrected chi connectivity index (χ3v) is 4.81. The summed E-state index contributed by atoms with van der Waals surface area (Å²) in [7, 11) is 0. The second-order valence-corrected chi connectivity index (χ2v) is 6.57. The molecule has 1 radical (unpaired) electrons. The van der Waals surface area contributed by atoms with Gasteiger partial charge in [0.1, 0.15) is 0 Å². The van der Waals surface area contributed by atoms with Crippen molar-refractivity contribution >= 4 is 0 Å². The predicted molar refractivity (Wildman–Crippen MR) is 94.8 cm³/mol. The zero-order chi connectivity index (χ0) is 15.4. The molecule has 0 saturated heterocycles. The molecule has 1 aromatic rings. The fourth-order valence-corrected chi connectivity index (χ4v) is 3.42. The van der Waals surface area contributed by atoms with Crippen LogP contribution in [0.25, 0.3) is 0 Å². The highest BCUT2D eigenvalue weighted by Gasteiger charge is 2.30. The first-order valence-corrected chi connectivity index (χ1v) is 9.26.